The topological polar surface area (TPSA) is 87.5 Å². The number of hydrogen-bond donors (Lipinski definition) is 2. The minimum absolute atomic E-state index is 0.250. The average molecular weight is 362 g/mol. The fourth-order valence-corrected chi connectivity index (χ4v) is 3.63. The Kier molecular flexibility index (Phi) is 5.83. The Labute approximate surface area is 150 Å². The second-order valence-electron chi connectivity index (χ2n) is 6.29. The largest absolute Gasteiger partial charge is 0.360 e. The van der Waals surface area contributed by atoms with Gasteiger partial charge in [-0.1, -0.05) is 11.2 Å². The van der Waals surface area contributed by atoms with Gasteiger partial charge in [0, 0.05) is 24.0 Å². The van der Waals surface area contributed by atoms with Gasteiger partial charge in [0.05, 0.1) is 0 Å². The summed E-state index contributed by atoms with van der Waals surface area (Å²) in [6.07, 6.45) is 2.05. The summed E-state index contributed by atoms with van der Waals surface area (Å²) in [5.74, 6) is -0.125. The number of carbonyl (C=O) groups is 2. The van der Waals surface area contributed by atoms with Crippen molar-refractivity contribution < 1.29 is 14.1 Å². The molecule has 0 aromatic carbocycles. The molecule has 2 aromatic rings. The minimum atomic E-state index is -0.719. The number of piperidine rings is 1. The molecule has 2 aromatic heterocycles. The molecule has 1 saturated heterocycles. The molecule has 0 spiro atoms. The molecule has 1 aliphatic heterocycles. The van der Waals surface area contributed by atoms with E-state index in [0.29, 0.717) is 18.2 Å². The van der Waals surface area contributed by atoms with Crippen LogP contribution in [0.1, 0.15) is 23.5 Å². The molecule has 2 amide bonds. The molecule has 0 radical (unpaired) electrons. The van der Waals surface area contributed by atoms with Gasteiger partial charge in [-0.25, -0.2) is 0 Å². The molecule has 0 aliphatic carbocycles. The van der Waals surface area contributed by atoms with E-state index in [1.54, 1.807) is 24.3 Å². The van der Waals surface area contributed by atoms with Gasteiger partial charge in [0.1, 0.15) is 5.76 Å². The summed E-state index contributed by atoms with van der Waals surface area (Å²) in [5.41, 5.74) is 0. The lowest BCUT2D eigenvalue weighted by Crippen LogP contribution is -2.41. The number of rotatable bonds is 5. The first-order valence-electron chi connectivity index (χ1n) is 8.37. The number of nitrogens with zero attached hydrogens (tertiary/aromatic N) is 2. The number of aromatic nitrogens is 1. The number of thiophene rings is 1. The first kappa shape index (κ1) is 17.6. The number of hydrogen-bond acceptors (Lipinski definition) is 6. The van der Waals surface area contributed by atoms with Crippen LogP contribution in [0, 0.1) is 12.8 Å². The third-order valence-corrected chi connectivity index (χ3v) is 5.15. The Balaban J connectivity index is 1.36. The maximum absolute atomic E-state index is 11.9. The fraction of sp³-hybridized carbons (Fsp3) is 0.471. The highest BCUT2D eigenvalue weighted by Gasteiger charge is 2.22. The van der Waals surface area contributed by atoms with Crippen molar-refractivity contribution in [2.45, 2.75) is 26.3 Å². The van der Waals surface area contributed by atoms with Crippen LogP contribution in [-0.4, -0.2) is 41.5 Å². The van der Waals surface area contributed by atoms with Crippen molar-refractivity contribution in [1.29, 1.82) is 0 Å². The number of likely N-dealkylation sites (tertiary alicyclic amines) is 1. The van der Waals surface area contributed by atoms with E-state index in [1.165, 1.54) is 4.88 Å². The third-order valence-electron chi connectivity index (χ3n) is 4.29. The standard InChI is InChI=1S/C17H22N4O3S/c1-12-9-15(20-24-12)19-17(23)16(22)18-10-13-4-6-21(7-5-13)11-14-3-2-8-25-14/h2-3,8-9,13H,4-7,10-11H2,1H3,(H,18,22)(H,19,20,23). The van der Waals surface area contributed by atoms with Crippen LogP contribution in [0.25, 0.3) is 0 Å². The smallest absolute Gasteiger partial charge is 0.314 e. The van der Waals surface area contributed by atoms with Crippen LogP contribution in [0.15, 0.2) is 28.1 Å². The predicted octanol–water partition coefficient (Wildman–Crippen LogP) is 2.01. The highest BCUT2D eigenvalue weighted by Crippen LogP contribution is 2.20. The van der Waals surface area contributed by atoms with Crippen LogP contribution in [0.2, 0.25) is 0 Å². The van der Waals surface area contributed by atoms with Gasteiger partial charge in [0.2, 0.25) is 0 Å². The first-order valence-corrected chi connectivity index (χ1v) is 9.25. The van der Waals surface area contributed by atoms with Gasteiger partial charge in [0.25, 0.3) is 0 Å². The van der Waals surface area contributed by atoms with E-state index in [-0.39, 0.29) is 5.82 Å². The summed E-state index contributed by atoms with van der Waals surface area (Å²) in [6, 6.07) is 5.80. The molecular formula is C17H22N4O3S. The lowest BCUT2D eigenvalue weighted by molar-refractivity contribution is -0.136. The van der Waals surface area contributed by atoms with Gasteiger partial charge in [-0.2, -0.15) is 0 Å². The highest BCUT2D eigenvalue weighted by atomic mass is 32.1. The summed E-state index contributed by atoms with van der Waals surface area (Å²) >= 11 is 1.78. The minimum Gasteiger partial charge on any atom is -0.360 e. The van der Waals surface area contributed by atoms with Crippen molar-refractivity contribution in [3.63, 3.8) is 0 Å². The van der Waals surface area contributed by atoms with Gasteiger partial charge in [0.15, 0.2) is 5.82 Å². The third kappa shape index (κ3) is 5.14. The number of aryl methyl sites for hydroxylation is 1. The highest BCUT2D eigenvalue weighted by molar-refractivity contribution is 7.09. The number of amides is 2. The van der Waals surface area contributed by atoms with Crippen molar-refractivity contribution in [3.05, 3.63) is 34.2 Å². The van der Waals surface area contributed by atoms with Crippen molar-refractivity contribution >= 4 is 29.0 Å². The number of carbonyl (C=O) groups excluding carboxylic acids is 2. The molecule has 7 nitrogen and oxygen atoms in total. The molecule has 0 saturated carbocycles. The van der Waals surface area contributed by atoms with E-state index in [2.05, 4.69) is 38.2 Å². The monoisotopic (exact) mass is 362 g/mol. The maximum atomic E-state index is 11.9. The molecule has 1 fully saturated rings. The summed E-state index contributed by atoms with van der Waals surface area (Å²) in [5, 5.41) is 10.9. The first-order chi connectivity index (χ1) is 12.1. The quantitative estimate of drug-likeness (QED) is 0.795. The van der Waals surface area contributed by atoms with E-state index in [9.17, 15) is 9.59 Å². The van der Waals surface area contributed by atoms with Crippen molar-refractivity contribution in [2.75, 3.05) is 25.0 Å². The normalized spacial score (nSPS) is 15.9. The van der Waals surface area contributed by atoms with Crippen LogP contribution in [0.3, 0.4) is 0 Å². The van der Waals surface area contributed by atoms with E-state index >= 15 is 0 Å². The zero-order chi connectivity index (χ0) is 17.6. The lowest BCUT2D eigenvalue weighted by atomic mass is 9.97. The zero-order valence-corrected chi connectivity index (χ0v) is 15.0. The maximum Gasteiger partial charge on any atom is 0.314 e. The van der Waals surface area contributed by atoms with Crippen molar-refractivity contribution in [1.82, 2.24) is 15.4 Å². The summed E-state index contributed by atoms with van der Waals surface area (Å²) < 4.78 is 4.85. The lowest BCUT2D eigenvalue weighted by Gasteiger charge is -2.31. The summed E-state index contributed by atoms with van der Waals surface area (Å²) in [4.78, 5) is 27.5. The molecule has 2 N–H and O–H groups in total. The average Bonchev–Trinajstić information content (AvgIpc) is 3.25. The Hall–Kier alpha value is -2.19. The SMILES string of the molecule is Cc1cc(NC(=O)C(=O)NCC2CCN(Cc3cccs3)CC2)no1. The number of nitrogens with one attached hydrogen (secondary N) is 2. The second kappa shape index (κ2) is 8.26. The van der Waals surface area contributed by atoms with Crippen LogP contribution in [-0.2, 0) is 16.1 Å². The van der Waals surface area contributed by atoms with Crippen LogP contribution in [0.5, 0.6) is 0 Å². The van der Waals surface area contributed by atoms with Gasteiger partial charge in [-0.3, -0.25) is 19.8 Å². The van der Waals surface area contributed by atoms with Crippen LogP contribution < -0.4 is 10.6 Å². The van der Waals surface area contributed by atoms with Gasteiger partial charge < -0.3 is 9.84 Å². The molecule has 8 heteroatoms. The van der Waals surface area contributed by atoms with Crippen LogP contribution in [0.4, 0.5) is 5.82 Å². The van der Waals surface area contributed by atoms with Gasteiger partial charge in [-0.05, 0) is 50.2 Å². The molecule has 3 rings (SSSR count). The van der Waals surface area contributed by atoms with Gasteiger partial charge in [-0.15, -0.1) is 11.3 Å². The number of anilines is 1. The molecule has 3 heterocycles. The fourth-order valence-electron chi connectivity index (χ4n) is 2.89. The summed E-state index contributed by atoms with van der Waals surface area (Å²) in [6.45, 7) is 5.27. The Bertz CT molecular complexity index is 705. The molecule has 134 valence electrons. The molecule has 25 heavy (non-hydrogen) atoms. The van der Waals surface area contributed by atoms with E-state index in [0.717, 1.165) is 32.5 Å². The molecule has 1 aliphatic rings. The molecule has 0 unspecified atom stereocenters. The summed E-state index contributed by atoms with van der Waals surface area (Å²) in [7, 11) is 0. The molecular weight excluding hydrogens is 340 g/mol. The van der Waals surface area contributed by atoms with Crippen LogP contribution >= 0.6 is 11.3 Å². The van der Waals surface area contributed by atoms with Crippen molar-refractivity contribution in [2.24, 2.45) is 5.92 Å². The van der Waals surface area contributed by atoms with E-state index < -0.39 is 11.8 Å². The van der Waals surface area contributed by atoms with E-state index in [4.69, 9.17) is 4.52 Å². The molecule has 0 bridgehead atoms. The predicted molar refractivity (Wildman–Crippen MR) is 95.2 cm³/mol. The van der Waals surface area contributed by atoms with E-state index in [1.807, 2.05) is 0 Å². The second-order valence-corrected chi connectivity index (χ2v) is 7.32. The van der Waals surface area contributed by atoms with Gasteiger partial charge >= 0.3 is 11.8 Å². The zero-order valence-electron chi connectivity index (χ0n) is 14.2. The Morgan fingerprint density at radius 1 is 1.36 bits per heavy atom. The Morgan fingerprint density at radius 3 is 2.80 bits per heavy atom. The Morgan fingerprint density at radius 2 is 2.16 bits per heavy atom. The molecule has 0 atom stereocenters. The van der Waals surface area contributed by atoms with Crippen molar-refractivity contribution in [3.8, 4) is 0 Å².